The Hall–Kier alpha value is -1.56. The summed E-state index contributed by atoms with van der Waals surface area (Å²) in [5, 5.41) is 10.4. The number of hydrogen-bond acceptors (Lipinski definition) is 2. The number of nitro benzene ring substituents is 1. The van der Waals surface area contributed by atoms with Crippen molar-refractivity contribution in [2.45, 2.75) is 6.18 Å². The number of rotatable bonds is 2. The first-order valence-electron chi connectivity index (χ1n) is 4.00. The van der Waals surface area contributed by atoms with Gasteiger partial charge in [0.1, 0.15) is 0 Å². The maximum atomic E-state index is 11.9. The van der Waals surface area contributed by atoms with Gasteiger partial charge in [-0.3, -0.25) is 10.1 Å². The second-order valence-electron chi connectivity index (χ2n) is 2.80. The highest BCUT2D eigenvalue weighted by atomic mass is 35.5. The normalized spacial score (nSPS) is 12.0. The highest BCUT2D eigenvalue weighted by molar-refractivity contribution is 6.32. The van der Waals surface area contributed by atoms with Crippen LogP contribution in [-0.2, 0) is 0 Å². The molecule has 3 nitrogen and oxygen atoms in total. The molecule has 1 aromatic rings. The lowest BCUT2D eigenvalue weighted by Crippen LogP contribution is -2.01. The molecule has 0 saturated heterocycles. The highest BCUT2D eigenvalue weighted by Gasteiger charge is 2.23. The smallest absolute Gasteiger partial charge is 0.258 e. The standard InChI is InChI=1S/C9H5ClF3NO2/c10-7-2-1-3-8(14(15)16)6(7)4-5-9(11,12)13/h1-5H/b5-4+. The molecular weight excluding hydrogens is 247 g/mol. The Morgan fingerprint density at radius 3 is 2.50 bits per heavy atom. The average Bonchev–Trinajstić information content (AvgIpc) is 2.13. The maximum Gasteiger partial charge on any atom is 0.409 e. The summed E-state index contributed by atoms with van der Waals surface area (Å²) in [4.78, 5) is 9.74. The Morgan fingerprint density at radius 2 is 2.00 bits per heavy atom. The van der Waals surface area contributed by atoms with Gasteiger partial charge in [-0.2, -0.15) is 13.2 Å². The predicted octanol–water partition coefficient (Wildman–Crippen LogP) is 3.82. The van der Waals surface area contributed by atoms with Crippen LogP contribution in [0.3, 0.4) is 0 Å². The van der Waals surface area contributed by atoms with E-state index in [0.29, 0.717) is 6.08 Å². The molecule has 7 heteroatoms. The fourth-order valence-electron chi connectivity index (χ4n) is 1.03. The van der Waals surface area contributed by atoms with Crippen LogP contribution in [0.15, 0.2) is 24.3 Å². The fraction of sp³-hybridized carbons (Fsp3) is 0.111. The summed E-state index contributed by atoms with van der Waals surface area (Å²) in [5.41, 5.74) is -0.723. The summed E-state index contributed by atoms with van der Waals surface area (Å²) in [6.45, 7) is 0. The van der Waals surface area contributed by atoms with Gasteiger partial charge in [-0.25, -0.2) is 0 Å². The van der Waals surface area contributed by atoms with Crippen LogP contribution in [0.1, 0.15) is 5.56 Å². The molecule has 0 N–H and O–H groups in total. The van der Waals surface area contributed by atoms with E-state index in [4.69, 9.17) is 11.6 Å². The Balaban J connectivity index is 3.22. The first-order chi connectivity index (χ1) is 7.31. The topological polar surface area (TPSA) is 43.1 Å². The van der Waals surface area contributed by atoms with E-state index in [-0.39, 0.29) is 16.7 Å². The number of nitrogens with zero attached hydrogens (tertiary/aromatic N) is 1. The van der Waals surface area contributed by atoms with Crippen LogP contribution in [0.25, 0.3) is 6.08 Å². The van der Waals surface area contributed by atoms with Gasteiger partial charge >= 0.3 is 6.18 Å². The van der Waals surface area contributed by atoms with Gasteiger partial charge in [0.15, 0.2) is 0 Å². The molecule has 0 amide bonds. The molecule has 1 rings (SSSR count). The molecular formula is C9H5ClF3NO2. The number of hydrogen-bond donors (Lipinski definition) is 0. The molecule has 16 heavy (non-hydrogen) atoms. The lowest BCUT2D eigenvalue weighted by atomic mass is 10.1. The van der Waals surface area contributed by atoms with E-state index in [9.17, 15) is 23.3 Å². The zero-order valence-corrected chi connectivity index (χ0v) is 8.42. The number of nitro groups is 1. The van der Waals surface area contributed by atoms with Crippen molar-refractivity contribution in [2.75, 3.05) is 0 Å². The van der Waals surface area contributed by atoms with Crippen LogP contribution < -0.4 is 0 Å². The van der Waals surface area contributed by atoms with Crippen molar-refractivity contribution in [2.24, 2.45) is 0 Å². The average molecular weight is 252 g/mol. The molecule has 0 bridgehead atoms. The van der Waals surface area contributed by atoms with Gasteiger partial charge in [-0.15, -0.1) is 0 Å². The Bertz CT molecular complexity index is 443. The SMILES string of the molecule is O=[N+]([O-])c1cccc(Cl)c1/C=C/C(F)(F)F. The molecule has 0 aliphatic carbocycles. The minimum absolute atomic E-state index is 0.0960. The van der Waals surface area contributed by atoms with Crippen molar-refractivity contribution in [3.63, 3.8) is 0 Å². The van der Waals surface area contributed by atoms with Gasteiger partial charge in [0.05, 0.1) is 15.5 Å². The Labute approximate surface area is 93.3 Å². The zero-order chi connectivity index (χ0) is 12.3. The molecule has 0 radical (unpaired) electrons. The molecule has 0 spiro atoms. The first kappa shape index (κ1) is 12.5. The van der Waals surface area contributed by atoms with Crippen molar-refractivity contribution in [1.29, 1.82) is 0 Å². The van der Waals surface area contributed by atoms with E-state index in [0.717, 1.165) is 6.07 Å². The summed E-state index contributed by atoms with van der Waals surface area (Å²) < 4.78 is 35.7. The molecule has 0 fully saturated rings. The van der Waals surface area contributed by atoms with E-state index in [1.807, 2.05) is 0 Å². The summed E-state index contributed by atoms with van der Waals surface area (Å²) in [6.07, 6.45) is -4.05. The molecule has 0 saturated carbocycles. The van der Waals surface area contributed by atoms with Gasteiger partial charge < -0.3 is 0 Å². The monoisotopic (exact) mass is 251 g/mol. The molecule has 86 valence electrons. The van der Waals surface area contributed by atoms with E-state index >= 15 is 0 Å². The van der Waals surface area contributed by atoms with E-state index in [2.05, 4.69) is 0 Å². The minimum Gasteiger partial charge on any atom is -0.258 e. The second-order valence-corrected chi connectivity index (χ2v) is 3.21. The lowest BCUT2D eigenvalue weighted by molar-refractivity contribution is -0.385. The van der Waals surface area contributed by atoms with Crippen LogP contribution in [-0.4, -0.2) is 11.1 Å². The van der Waals surface area contributed by atoms with Crippen molar-refractivity contribution in [3.05, 3.63) is 45.0 Å². The minimum atomic E-state index is -4.53. The lowest BCUT2D eigenvalue weighted by Gasteiger charge is -2.01. The number of alkyl halides is 3. The van der Waals surface area contributed by atoms with Crippen molar-refractivity contribution < 1.29 is 18.1 Å². The second kappa shape index (κ2) is 4.52. The molecule has 0 heterocycles. The molecule has 0 aliphatic heterocycles. The van der Waals surface area contributed by atoms with E-state index < -0.39 is 16.8 Å². The largest absolute Gasteiger partial charge is 0.409 e. The summed E-state index contributed by atoms with van der Waals surface area (Å²) >= 11 is 5.58. The van der Waals surface area contributed by atoms with Gasteiger partial charge in [0.25, 0.3) is 5.69 Å². The van der Waals surface area contributed by atoms with Crippen molar-refractivity contribution in [3.8, 4) is 0 Å². The number of halogens is 4. The Morgan fingerprint density at radius 1 is 1.38 bits per heavy atom. The quantitative estimate of drug-likeness (QED) is 0.592. The fourth-order valence-corrected chi connectivity index (χ4v) is 1.26. The van der Waals surface area contributed by atoms with Crippen LogP contribution >= 0.6 is 11.6 Å². The first-order valence-corrected chi connectivity index (χ1v) is 4.38. The summed E-state index contributed by atoms with van der Waals surface area (Å²) in [5.74, 6) is 0. The van der Waals surface area contributed by atoms with Gasteiger partial charge in [-0.1, -0.05) is 17.7 Å². The van der Waals surface area contributed by atoms with Gasteiger partial charge in [0.2, 0.25) is 0 Å². The van der Waals surface area contributed by atoms with Gasteiger partial charge in [0, 0.05) is 12.1 Å². The zero-order valence-electron chi connectivity index (χ0n) is 7.66. The molecule has 0 atom stereocenters. The third kappa shape index (κ3) is 3.23. The highest BCUT2D eigenvalue weighted by Crippen LogP contribution is 2.29. The third-order valence-corrected chi connectivity index (χ3v) is 2.00. The van der Waals surface area contributed by atoms with E-state index in [1.165, 1.54) is 12.1 Å². The predicted molar refractivity (Wildman–Crippen MR) is 53.2 cm³/mol. The summed E-state index contributed by atoms with van der Waals surface area (Å²) in [7, 11) is 0. The number of allylic oxidation sites excluding steroid dienone is 1. The molecule has 0 unspecified atom stereocenters. The summed E-state index contributed by atoms with van der Waals surface area (Å²) in [6, 6.07) is 3.66. The molecule has 1 aromatic carbocycles. The van der Waals surface area contributed by atoms with Crippen molar-refractivity contribution in [1.82, 2.24) is 0 Å². The van der Waals surface area contributed by atoms with Crippen LogP contribution in [0.2, 0.25) is 5.02 Å². The molecule has 0 aliphatic rings. The van der Waals surface area contributed by atoms with E-state index in [1.54, 1.807) is 0 Å². The molecule has 0 aromatic heterocycles. The van der Waals surface area contributed by atoms with Crippen LogP contribution in [0.5, 0.6) is 0 Å². The van der Waals surface area contributed by atoms with Crippen molar-refractivity contribution >= 4 is 23.4 Å². The van der Waals surface area contributed by atoms with Gasteiger partial charge in [-0.05, 0) is 12.1 Å². The Kier molecular flexibility index (Phi) is 3.54. The van der Waals surface area contributed by atoms with Crippen LogP contribution in [0.4, 0.5) is 18.9 Å². The number of benzene rings is 1. The van der Waals surface area contributed by atoms with Crippen LogP contribution in [0, 0.1) is 10.1 Å². The maximum absolute atomic E-state index is 11.9. The third-order valence-electron chi connectivity index (χ3n) is 1.67.